The first-order valence-electron chi connectivity index (χ1n) is 16.9. The van der Waals surface area contributed by atoms with Crippen LogP contribution in [0.4, 0.5) is 0 Å². The quantitative estimate of drug-likeness (QED) is 0.0709. The highest BCUT2D eigenvalue weighted by atomic mass is 35.6. The van der Waals surface area contributed by atoms with Gasteiger partial charge in [-0.05, 0) is 44.5 Å². The van der Waals surface area contributed by atoms with Crippen LogP contribution in [-0.2, 0) is 36.6 Å². The van der Waals surface area contributed by atoms with Crippen molar-refractivity contribution in [1.82, 2.24) is 0 Å². The van der Waals surface area contributed by atoms with E-state index in [-0.39, 0.29) is 25.7 Å². The Morgan fingerprint density at radius 1 is 0.333 bits per heavy atom. The number of halogens is 12. The molecule has 4 aromatic carbocycles. The number of hydrogen-bond donors (Lipinski definition) is 2. The fraction of sp³-hybridized carbons (Fsp3) is 0.368. The van der Waals surface area contributed by atoms with Gasteiger partial charge in [0.2, 0.25) is 0 Å². The molecular weight excluding hydrogens is 931 g/mol. The molecule has 0 spiro atoms. The first kappa shape index (κ1) is 47.1. The van der Waals surface area contributed by atoms with E-state index in [1.807, 2.05) is 97.1 Å². The minimum atomic E-state index is -1.41. The Labute approximate surface area is 380 Å². The van der Waals surface area contributed by atoms with Crippen molar-refractivity contribution >= 4 is 154 Å². The maximum absolute atomic E-state index is 7.24. The molecule has 0 unspecified atom stereocenters. The second-order valence-corrected chi connectivity index (χ2v) is 23.5. The van der Waals surface area contributed by atoms with Gasteiger partial charge in [0.25, 0.3) is 0 Å². The number of unbranched alkanes of at least 4 members (excludes halogenated alkanes) is 1. The van der Waals surface area contributed by atoms with Gasteiger partial charge in [-0.2, -0.15) is 0 Å². The van der Waals surface area contributed by atoms with E-state index in [2.05, 4.69) is 14.6 Å². The predicted octanol–water partition coefficient (Wildman–Crippen LogP) is 13.4. The summed E-state index contributed by atoms with van der Waals surface area (Å²) >= 11 is 72.6. The molecule has 0 bridgehead atoms. The van der Waals surface area contributed by atoms with Gasteiger partial charge in [0.1, 0.15) is 14.6 Å². The average Bonchev–Trinajstić information content (AvgIpc) is 3.04. The molecule has 288 valence electrons. The average molecular weight is 968 g/mol. The summed E-state index contributed by atoms with van der Waals surface area (Å²) in [5, 5.41) is 0. The zero-order chi connectivity index (χ0) is 40.0. The Bertz CT molecular complexity index is 1510. The van der Waals surface area contributed by atoms with Gasteiger partial charge in [-0.3, -0.25) is 0 Å². The van der Waals surface area contributed by atoms with Crippen molar-refractivity contribution in [2.75, 3.05) is 0 Å². The van der Waals surface area contributed by atoms with Gasteiger partial charge in [-0.15, -0.1) is 0 Å². The molecule has 4 rings (SSSR count). The molecule has 4 aromatic rings. The number of hydrogen-bond acceptors (Lipinski definition) is 2. The lowest BCUT2D eigenvalue weighted by Crippen LogP contribution is -2.44. The van der Waals surface area contributed by atoms with Gasteiger partial charge in [-0.25, -0.2) is 0 Å². The van der Waals surface area contributed by atoms with Gasteiger partial charge in [-0.1, -0.05) is 262 Å². The smallest absolute Gasteiger partial charge is 0.194 e. The molecule has 0 heterocycles. The summed E-state index contributed by atoms with van der Waals surface area (Å²) in [6.07, 6.45) is 4.17. The molecule has 54 heavy (non-hydrogen) atoms. The monoisotopic (exact) mass is 962 g/mol. The first-order valence-corrected chi connectivity index (χ1v) is 21.4. The topological polar surface area (TPSA) is 52.0 Å². The van der Waals surface area contributed by atoms with Crippen LogP contribution >= 0.6 is 139 Å². The second kappa shape index (κ2) is 19.6. The molecule has 0 saturated carbocycles. The first-order chi connectivity index (χ1) is 24.9. The lowest BCUT2D eigenvalue weighted by atomic mass is 9.49. The summed E-state index contributed by atoms with van der Waals surface area (Å²) < 4.78 is -5.63. The lowest BCUT2D eigenvalue weighted by molar-refractivity contribution is 0.730. The maximum Gasteiger partial charge on any atom is 0.194 e. The zero-order valence-electron chi connectivity index (χ0n) is 28.7. The van der Waals surface area contributed by atoms with Crippen molar-refractivity contribution in [2.24, 2.45) is 11.5 Å². The summed E-state index contributed by atoms with van der Waals surface area (Å²) in [6, 6.07) is 31.1. The van der Waals surface area contributed by atoms with Crippen LogP contribution in [0, 0.1) is 0 Å². The van der Waals surface area contributed by atoms with Crippen LogP contribution in [0.1, 0.15) is 57.3 Å². The van der Waals surface area contributed by atoms with Crippen molar-refractivity contribution in [1.29, 1.82) is 0 Å². The van der Waals surface area contributed by atoms with Gasteiger partial charge in [0.15, 0.2) is 15.2 Å². The van der Waals surface area contributed by atoms with E-state index in [9.17, 15) is 0 Å². The standard InChI is InChI=1S/C38H36B2Cl12N2/c41-33(42,43)21-25-3-11-29(12-4-25)37(53,30-13-5-26(6-14-30)22-34(44,45)46)39-19-1-2-20-40-38(54,31-15-7-27(8-16-31)23-35(47,48)49)32-17-9-28(10-18-32)24-36(50,51)52/h3-18H,1-2,19-24,53-54H2. The Morgan fingerprint density at radius 3 is 0.685 bits per heavy atom. The largest absolute Gasteiger partial charge is 0.325 e. The SMILES string of the molecule is NC([B]CCCC[B]C(N)(c1ccc(CC(Cl)(Cl)Cl)cc1)c1ccc(CC(Cl)(Cl)Cl)cc1)(c1ccc(CC(Cl)(Cl)Cl)cc1)c1ccc(CC(Cl)(Cl)Cl)cc1. The third-order valence-electron chi connectivity index (χ3n) is 8.94. The van der Waals surface area contributed by atoms with Crippen molar-refractivity contribution in [3.63, 3.8) is 0 Å². The maximum atomic E-state index is 7.24. The molecule has 0 saturated heterocycles. The van der Waals surface area contributed by atoms with Crippen LogP contribution < -0.4 is 11.5 Å². The second-order valence-electron chi connectivity index (χ2n) is 13.4. The molecule has 0 aliphatic rings. The van der Waals surface area contributed by atoms with Gasteiger partial charge in [0.05, 0.1) is 0 Å². The minimum absolute atomic E-state index is 0.266. The molecule has 0 atom stereocenters. The van der Waals surface area contributed by atoms with Crippen molar-refractivity contribution in [3.8, 4) is 0 Å². The highest BCUT2D eigenvalue weighted by Gasteiger charge is 2.33. The van der Waals surface area contributed by atoms with E-state index in [4.69, 9.17) is 151 Å². The number of benzene rings is 4. The number of alkyl halides is 12. The van der Waals surface area contributed by atoms with E-state index in [1.165, 1.54) is 0 Å². The molecule has 0 fully saturated rings. The van der Waals surface area contributed by atoms with Crippen LogP contribution in [0.5, 0.6) is 0 Å². The number of rotatable bonds is 15. The van der Waals surface area contributed by atoms with E-state index < -0.39 is 26.0 Å². The molecule has 16 heteroatoms. The minimum Gasteiger partial charge on any atom is -0.325 e. The highest BCUT2D eigenvalue weighted by Crippen LogP contribution is 2.36. The van der Waals surface area contributed by atoms with Crippen LogP contribution in [0.3, 0.4) is 0 Å². The molecule has 2 nitrogen and oxygen atoms in total. The normalized spacial score (nSPS) is 13.2. The summed E-state index contributed by atoms with van der Waals surface area (Å²) in [7, 11) is 4.26. The fourth-order valence-electron chi connectivity index (χ4n) is 6.27. The lowest BCUT2D eigenvalue weighted by Gasteiger charge is -2.32. The van der Waals surface area contributed by atoms with E-state index in [0.717, 1.165) is 57.3 Å². The molecular formula is C38H36B2Cl12N2. The third-order valence-corrected chi connectivity index (χ3v) is 10.5. The van der Waals surface area contributed by atoms with Gasteiger partial charge < -0.3 is 11.5 Å². The van der Waals surface area contributed by atoms with Crippen molar-refractivity contribution in [3.05, 3.63) is 142 Å². The number of nitrogens with two attached hydrogens (primary N) is 2. The fourth-order valence-corrected chi connectivity index (χ4v) is 8.12. The van der Waals surface area contributed by atoms with Gasteiger partial charge >= 0.3 is 0 Å². The Hall–Kier alpha value is 0.410. The molecule has 0 aliphatic carbocycles. The van der Waals surface area contributed by atoms with Gasteiger partial charge in [0, 0.05) is 36.6 Å². The summed E-state index contributed by atoms with van der Waals surface area (Å²) in [5.74, 6) is 0. The highest BCUT2D eigenvalue weighted by molar-refractivity contribution is 6.69. The molecule has 0 aliphatic heterocycles. The van der Waals surface area contributed by atoms with Crippen LogP contribution in [0.2, 0.25) is 12.6 Å². The zero-order valence-corrected chi connectivity index (χ0v) is 37.8. The Kier molecular flexibility index (Phi) is 17.1. The Balaban J connectivity index is 1.50. The molecule has 0 amide bonds. The van der Waals surface area contributed by atoms with E-state index >= 15 is 0 Å². The van der Waals surface area contributed by atoms with Crippen LogP contribution in [0.15, 0.2) is 97.1 Å². The third kappa shape index (κ3) is 15.2. The van der Waals surface area contributed by atoms with E-state index in [1.54, 1.807) is 0 Å². The molecule has 2 radical (unpaired) electrons. The predicted molar refractivity (Wildman–Crippen MR) is 242 cm³/mol. The molecule has 4 N–H and O–H groups in total. The van der Waals surface area contributed by atoms with E-state index in [0.29, 0.717) is 12.6 Å². The summed E-state index contributed by atoms with van der Waals surface area (Å²) in [5.41, 5.74) is 19.7. The van der Waals surface area contributed by atoms with Crippen molar-refractivity contribution < 1.29 is 0 Å². The van der Waals surface area contributed by atoms with Crippen LogP contribution in [0.25, 0.3) is 0 Å². The Morgan fingerprint density at radius 2 is 0.519 bits per heavy atom. The summed E-state index contributed by atoms with van der Waals surface area (Å²) in [4.78, 5) is 0. The van der Waals surface area contributed by atoms with Crippen LogP contribution in [-0.4, -0.2) is 29.7 Å². The van der Waals surface area contributed by atoms with Crippen molar-refractivity contribution in [2.45, 2.75) is 77.2 Å². The molecule has 0 aromatic heterocycles. The summed E-state index contributed by atoms with van der Waals surface area (Å²) in [6.45, 7) is 0.